The van der Waals surface area contributed by atoms with Crippen molar-refractivity contribution >= 4 is 11.8 Å². The zero-order valence-corrected chi connectivity index (χ0v) is 18.2. The van der Waals surface area contributed by atoms with Gasteiger partial charge >= 0.3 is 0 Å². The Kier molecular flexibility index (Phi) is 7.08. The van der Waals surface area contributed by atoms with Gasteiger partial charge in [0.1, 0.15) is 23.7 Å². The number of nitrogens with zero attached hydrogens (tertiary/aromatic N) is 3. The van der Waals surface area contributed by atoms with Crippen molar-refractivity contribution in [3.8, 4) is 23.1 Å². The molecule has 0 radical (unpaired) electrons. The standard InChI is InChI=1S/C26H25N5O2/c27-15-21-14-20(5-6-25(21)33-23-8-11-32-12-9-23)24-7-10-30-26(31-24)13-18-1-3-19(4-2-18)22(16-28)17-29/h1-7,10,14,16-17,23,28H,8-9,11-13,29H2/b22-17+,28-16?. The van der Waals surface area contributed by atoms with E-state index in [0.29, 0.717) is 42.3 Å². The summed E-state index contributed by atoms with van der Waals surface area (Å²) in [6, 6.07) is 17.5. The molecule has 1 saturated heterocycles. The van der Waals surface area contributed by atoms with Gasteiger partial charge in [0, 0.05) is 49.0 Å². The van der Waals surface area contributed by atoms with Crippen molar-refractivity contribution in [2.45, 2.75) is 25.4 Å². The van der Waals surface area contributed by atoms with Crippen molar-refractivity contribution in [3.05, 3.63) is 83.4 Å². The topological polar surface area (TPSA) is 118 Å². The quantitative estimate of drug-likeness (QED) is 0.535. The lowest BCUT2D eigenvalue weighted by atomic mass is 10.0. The van der Waals surface area contributed by atoms with Crippen LogP contribution in [-0.2, 0) is 11.2 Å². The third-order valence-electron chi connectivity index (χ3n) is 5.55. The monoisotopic (exact) mass is 439 g/mol. The predicted molar refractivity (Wildman–Crippen MR) is 127 cm³/mol. The molecule has 1 aromatic heterocycles. The highest BCUT2D eigenvalue weighted by Crippen LogP contribution is 2.27. The van der Waals surface area contributed by atoms with Crippen LogP contribution in [0.3, 0.4) is 0 Å². The van der Waals surface area contributed by atoms with E-state index in [0.717, 1.165) is 35.2 Å². The summed E-state index contributed by atoms with van der Waals surface area (Å²) in [6.45, 7) is 1.37. The molecule has 1 fully saturated rings. The molecule has 0 atom stereocenters. The van der Waals surface area contributed by atoms with Crippen LogP contribution in [0.15, 0.2) is 60.9 Å². The fourth-order valence-electron chi connectivity index (χ4n) is 3.72. The van der Waals surface area contributed by atoms with Crippen LogP contribution < -0.4 is 10.5 Å². The maximum atomic E-state index is 9.65. The van der Waals surface area contributed by atoms with Crippen molar-refractivity contribution in [1.82, 2.24) is 9.97 Å². The summed E-state index contributed by atoms with van der Waals surface area (Å²) in [4.78, 5) is 9.11. The fraction of sp³-hybridized carbons (Fsp3) is 0.231. The third kappa shape index (κ3) is 5.43. The molecule has 7 heteroatoms. The van der Waals surface area contributed by atoms with Gasteiger partial charge in [-0.3, -0.25) is 0 Å². The van der Waals surface area contributed by atoms with Crippen LogP contribution in [0.1, 0.15) is 35.4 Å². The van der Waals surface area contributed by atoms with Crippen molar-refractivity contribution < 1.29 is 9.47 Å². The zero-order chi connectivity index (χ0) is 23.0. The number of aromatic nitrogens is 2. The predicted octanol–water partition coefficient (Wildman–Crippen LogP) is 4.11. The Balaban J connectivity index is 1.51. The number of ether oxygens (including phenoxy) is 2. The Labute approximate surface area is 193 Å². The minimum Gasteiger partial charge on any atom is -0.489 e. The maximum Gasteiger partial charge on any atom is 0.137 e. The van der Waals surface area contributed by atoms with Gasteiger partial charge < -0.3 is 20.6 Å². The number of nitriles is 1. The second kappa shape index (κ2) is 10.5. The molecule has 0 spiro atoms. The van der Waals surface area contributed by atoms with Crippen molar-refractivity contribution in [2.24, 2.45) is 5.73 Å². The Bertz CT molecular complexity index is 1190. The molecule has 33 heavy (non-hydrogen) atoms. The van der Waals surface area contributed by atoms with Gasteiger partial charge in [-0.05, 0) is 35.4 Å². The van der Waals surface area contributed by atoms with Gasteiger partial charge in [0.05, 0.1) is 24.5 Å². The highest BCUT2D eigenvalue weighted by molar-refractivity contribution is 6.08. The first kappa shape index (κ1) is 22.2. The Morgan fingerprint density at radius 1 is 1.18 bits per heavy atom. The summed E-state index contributed by atoms with van der Waals surface area (Å²) in [5.74, 6) is 1.28. The Morgan fingerprint density at radius 2 is 1.97 bits per heavy atom. The fourth-order valence-corrected chi connectivity index (χ4v) is 3.72. The van der Waals surface area contributed by atoms with Gasteiger partial charge in [-0.15, -0.1) is 0 Å². The number of allylic oxidation sites excluding steroid dienone is 1. The molecule has 0 bridgehead atoms. The van der Waals surface area contributed by atoms with Crippen LogP contribution in [-0.4, -0.2) is 35.5 Å². The number of hydrogen-bond donors (Lipinski definition) is 2. The molecule has 0 amide bonds. The van der Waals surface area contributed by atoms with E-state index in [2.05, 4.69) is 11.1 Å². The van der Waals surface area contributed by atoms with Gasteiger partial charge in [-0.1, -0.05) is 24.3 Å². The maximum absolute atomic E-state index is 9.65. The number of rotatable bonds is 7. The molecule has 3 aromatic rings. The molecule has 7 nitrogen and oxygen atoms in total. The summed E-state index contributed by atoms with van der Waals surface area (Å²) in [7, 11) is 0. The van der Waals surface area contributed by atoms with Gasteiger partial charge in [0.25, 0.3) is 0 Å². The average Bonchev–Trinajstić information content (AvgIpc) is 2.87. The second-order valence-electron chi connectivity index (χ2n) is 7.75. The van der Waals surface area contributed by atoms with Crippen LogP contribution in [0.25, 0.3) is 16.8 Å². The van der Waals surface area contributed by atoms with E-state index in [1.165, 1.54) is 12.4 Å². The lowest BCUT2D eigenvalue weighted by molar-refractivity contribution is 0.0254. The van der Waals surface area contributed by atoms with E-state index in [-0.39, 0.29) is 6.10 Å². The van der Waals surface area contributed by atoms with E-state index < -0.39 is 0 Å². The highest BCUT2D eigenvalue weighted by atomic mass is 16.5. The number of hydrogen-bond acceptors (Lipinski definition) is 7. The summed E-state index contributed by atoms with van der Waals surface area (Å²) in [5.41, 5.74) is 10.2. The Hall–Kier alpha value is -4.02. The molecule has 0 saturated carbocycles. The largest absolute Gasteiger partial charge is 0.489 e. The van der Waals surface area contributed by atoms with Crippen LogP contribution in [0, 0.1) is 16.7 Å². The van der Waals surface area contributed by atoms with Crippen molar-refractivity contribution in [3.63, 3.8) is 0 Å². The lowest BCUT2D eigenvalue weighted by Crippen LogP contribution is -2.26. The number of benzene rings is 2. The third-order valence-corrected chi connectivity index (χ3v) is 5.55. The summed E-state index contributed by atoms with van der Waals surface area (Å²) in [6.07, 6.45) is 6.68. The highest BCUT2D eigenvalue weighted by Gasteiger charge is 2.17. The Morgan fingerprint density at radius 3 is 2.67 bits per heavy atom. The summed E-state index contributed by atoms with van der Waals surface area (Å²) in [5, 5.41) is 17.1. The van der Waals surface area contributed by atoms with E-state index in [1.807, 2.05) is 48.5 Å². The first-order chi connectivity index (χ1) is 16.2. The number of nitrogens with one attached hydrogen (secondary N) is 1. The molecule has 1 aliphatic heterocycles. The van der Waals surface area contributed by atoms with Crippen LogP contribution in [0.5, 0.6) is 5.75 Å². The zero-order valence-electron chi connectivity index (χ0n) is 18.2. The van der Waals surface area contributed by atoms with Gasteiger partial charge in [0.15, 0.2) is 0 Å². The second-order valence-corrected chi connectivity index (χ2v) is 7.75. The molecule has 0 aliphatic carbocycles. The molecule has 166 valence electrons. The lowest BCUT2D eigenvalue weighted by Gasteiger charge is -2.23. The van der Waals surface area contributed by atoms with E-state index in [1.54, 1.807) is 6.20 Å². The van der Waals surface area contributed by atoms with E-state index in [9.17, 15) is 5.26 Å². The van der Waals surface area contributed by atoms with Crippen molar-refractivity contribution in [1.29, 1.82) is 10.7 Å². The molecular weight excluding hydrogens is 414 g/mol. The molecule has 3 N–H and O–H groups in total. The van der Waals surface area contributed by atoms with Crippen molar-refractivity contribution in [2.75, 3.05) is 13.2 Å². The van der Waals surface area contributed by atoms with Gasteiger partial charge in [-0.25, -0.2) is 9.97 Å². The minimum absolute atomic E-state index is 0.0733. The molecule has 0 unspecified atom stereocenters. The smallest absolute Gasteiger partial charge is 0.137 e. The molecule has 2 heterocycles. The summed E-state index contributed by atoms with van der Waals surface area (Å²) >= 11 is 0. The average molecular weight is 440 g/mol. The molecule has 4 rings (SSSR count). The van der Waals surface area contributed by atoms with Crippen LogP contribution >= 0.6 is 0 Å². The molecule has 1 aliphatic rings. The SMILES string of the molecule is N#Cc1cc(-c2ccnc(Cc3ccc(/C(C=N)=C/N)cc3)n2)ccc1OC1CCOCC1. The molecule has 2 aromatic carbocycles. The summed E-state index contributed by atoms with van der Waals surface area (Å²) < 4.78 is 11.4. The van der Waals surface area contributed by atoms with Crippen LogP contribution in [0.2, 0.25) is 0 Å². The first-order valence-electron chi connectivity index (χ1n) is 10.8. The molecular formula is C26H25N5O2. The van der Waals surface area contributed by atoms with Gasteiger partial charge in [0.2, 0.25) is 0 Å². The van der Waals surface area contributed by atoms with Crippen LogP contribution in [0.4, 0.5) is 0 Å². The number of nitrogens with two attached hydrogens (primary N) is 1. The normalized spacial score (nSPS) is 14.5. The van der Waals surface area contributed by atoms with E-state index in [4.69, 9.17) is 25.6 Å². The first-order valence-corrected chi connectivity index (χ1v) is 10.8. The van der Waals surface area contributed by atoms with E-state index >= 15 is 0 Å². The van der Waals surface area contributed by atoms with Gasteiger partial charge in [-0.2, -0.15) is 5.26 Å². The minimum atomic E-state index is 0.0733.